The number of aryl methyl sites for hydroxylation is 3. The molecule has 2 rings (SSSR count). The van der Waals surface area contributed by atoms with Gasteiger partial charge in [0.05, 0.1) is 11.3 Å². The van der Waals surface area contributed by atoms with E-state index in [0.717, 1.165) is 11.3 Å². The Hall–Kier alpha value is -1.88. The summed E-state index contributed by atoms with van der Waals surface area (Å²) in [5.41, 5.74) is 7.79. The summed E-state index contributed by atoms with van der Waals surface area (Å²) in [6.45, 7) is 3.85. The minimum Gasteiger partial charge on any atom is -0.436 e. The first-order valence-electron chi connectivity index (χ1n) is 5.70. The molecule has 0 aliphatic heterocycles. The molecule has 2 N–H and O–H groups in total. The molecular weight excluding hydrogens is 233 g/mol. The zero-order valence-corrected chi connectivity index (χ0v) is 10.7. The fourth-order valence-corrected chi connectivity index (χ4v) is 1.85. The van der Waals surface area contributed by atoms with E-state index in [-0.39, 0.29) is 11.6 Å². The van der Waals surface area contributed by atoms with Gasteiger partial charge in [0.2, 0.25) is 5.88 Å². The lowest BCUT2D eigenvalue weighted by Crippen LogP contribution is -2.02. The summed E-state index contributed by atoms with van der Waals surface area (Å²) in [5.74, 6) is 0.312. The summed E-state index contributed by atoms with van der Waals surface area (Å²) in [6, 6.07) is 5.03. The predicted octanol–water partition coefficient (Wildman–Crippen LogP) is 2.43. The average molecular weight is 249 g/mol. The maximum Gasteiger partial charge on any atom is 0.222 e. The van der Waals surface area contributed by atoms with Gasteiger partial charge in [0.1, 0.15) is 0 Å². The van der Waals surface area contributed by atoms with Gasteiger partial charge in [-0.15, -0.1) is 0 Å². The summed E-state index contributed by atoms with van der Waals surface area (Å²) in [4.78, 5) is 0. The molecule has 0 aliphatic rings. The van der Waals surface area contributed by atoms with E-state index in [0.29, 0.717) is 18.0 Å². The summed E-state index contributed by atoms with van der Waals surface area (Å²) in [5, 5.41) is 4.22. The molecule has 96 valence electrons. The van der Waals surface area contributed by atoms with E-state index in [1.165, 1.54) is 0 Å². The molecule has 0 atom stereocenters. The van der Waals surface area contributed by atoms with Crippen LogP contribution in [0.3, 0.4) is 0 Å². The van der Waals surface area contributed by atoms with Crippen LogP contribution < -0.4 is 10.5 Å². The molecule has 4 nitrogen and oxygen atoms in total. The molecule has 1 heterocycles. The number of halogens is 1. The third-order valence-electron chi connectivity index (χ3n) is 2.86. The second kappa shape index (κ2) is 4.78. The first-order chi connectivity index (χ1) is 8.54. The predicted molar refractivity (Wildman–Crippen MR) is 67.0 cm³/mol. The Bertz CT molecular complexity index is 578. The summed E-state index contributed by atoms with van der Waals surface area (Å²) < 4.78 is 21.1. The summed E-state index contributed by atoms with van der Waals surface area (Å²) in [7, 11) is 1.75. The second-order valence-electron chi connectivity index (χ2n) is 4.19. The van der Waals surface area contributed by atoms with E-state index >= 15 is 0 Å². The van der Waals surface area contributed by atoms with E-state index in [1.807, 2.05) is 6.92 Å². The SMILES string of the molecule is Cc1cccc(Oc2c(CN)c(C)nn2C)c1F. The highest BCUT2D eigenvalue weighted by molar-refractivity contribution is 5.37. The topological polar surface area (TPSA) is 53.1 Å². The first kappa shape index (κ1) is 12.6. The van der Waals surface area contributed by atoms with Gasteiger partial charge in [-0.3, -0.25) is 0 Å². The number of benzene rings is 1. The van der Waals surface area contributed by atoms with Crippen LogP contribution in [0.5, 0.6) is 11.6 Å². The van der Waals surface area contributed by atoms with Gasteiger partial charge in [-0.1, -0.05) is 12.1 Å². The van der Waals surface area contributed by atoms with Crippen molar-refractivity contribution in [2.45, 2.75) is 20.4 Å². The Balaban J connectivity index is 2.43. The highest BCUT2D eigenvalue weighted by Crippen LogP contribution is 2.29. The first-order valence-corrected chi connectivity index (χ1v) is 5.70. The molecule has 0 unspecified atom stereocenters. The molecule has 0 bridgehead atoms. The van der Waals surface area contributed by atoms with Gasteiger partial charge in [-0.2, -0.15) is 5.10 Å². The number of hydrogen-bond donors (Lipinski definition) is 1. The molecule has 0 saturated carbocycles. The summed E-state index contributed by atoms with van der Waals surface area (Å²) >= 11 is 0. The van der Waals surface area contributed by atoms with Gasteiger partial charge in [-0.05, 0) is 25.5 Å². The van der Waals surface area contributed by atoms with Crippen molar-refractivity contribution in [2.75, 3.05) is 0 Å². The smallest absolute Gasteiger partial charge is 0.222 e. The number of hydrogen-bond acceptors (Lipinski definition) is 3. The molecule has 0 spiro atoms. The van der Waals surface area contributed by atoms with Crippen LogP contribution in [0, 0.1) is 19.7 Å². The number of aromatic nitrogens is 2. The van der Waals surface area contributed by atoms with Crippen LogP contribution in [-0.2, 0) is 13.6 Å². The highest BCUT2D eigenvalue weighted by Gasteiger charge is 2.16. The van der Waals surface area contributed by atoms with Gasteiger partial charge in [0, 0.05) is 13.6 Å². The lowest BCUT2D eigenvalue weighted by Gasteiger charge is -2.09. The largest absolute Gasteiger partial charge is 0.436 e. The number of nitrogens with two attached hydrogens (primary N) is 1. The maximum absolute atomic E-state index is 13.9. The molecule has 1 aromatic carbocycles. The van der Waals surface area contributed by atoms with Crippen LogP contribution in [0.1, 0.15) is 16.8 Å². The van der Waals surface area contributed by atoms with E-state index in [2.05, 4.69) is 5.10 Å². The standard InChI is InChI=1S/C13H16FN3O/c1-8-5-4-6-11(12(8)14)18-13-10(7-15)9(2)16-17(13)3/h4-6H,7,15H2,1-3H3. The molecule has 5 heteroatoms. The average Bonchev–Trinajstić information content (AvgIpc) is 2.59. The van der Waals surface area contributed by atoms with Crippen molar-refractivity contribution in [3.8, 4) is 11.6 Å². The zero-order chi connectivity index (χ0) is 13.3. The summed E-state index contributed by atoms with van der Waals surface area (Å²) in [6.07, 6.45) is 0. The molecule has 0 aliphatic carbocycles. The van der Waals surface area contributed by atoms with E-state index in [9.17, 15) is 4.39 Å². The molecule has 2 aromatic rings. The molecule has 18 heavy (non-hydrogen) atoms. The molecule has 0 radical (unpaired) electrons. The van der Waals surface area contributed by atoms with Crippen LogP contribution in [0.4, 0.5) is 4.39 Å². The third-order valence-corrected chi connectivity index (χ3v) is 2.86. The van der Waals surface area contributed by atoms with Gasteiger partial charge < -0.3 is 10.5 Å². The van der Waals surface area contributed by atoms with Crippen LogP contribution in [0.25, 0.3) is 0 Å². The van der Waals surface area contributed by atoms with Crippen molar-refractivity contribution in [3.05, 3.63) is 40.8 Å². The van der Waals surface area contributed by atoms with Gasteiger partial charge >= 0.3 is 0 Å². The van der Waals surface area contributed by atoms with Crippen LogP contribution >= 0.6 is 0 Å². The fraction of sp³-hybridized carbons (Fsp3) is 0.308. The molecular formula is C13H16FN3O. The van der Waals surface area contributed by atoms with E-state index in [1.54, 1.807) is 36.9 Å². The van der Waals surface area contributed by atoms with Crippen LogP contribution in [0.15, 0.2) is 18.2 Å². The van der Waals surface area contributed by atoms with Crippen LogP contribution in [-0.4, -0.2) is 9.78 Å². The Kier molecular flexibility index (Phi) is 3.34. The van der Waals surface area contributed by atoms with Crippen molar-refractivity contribution < 1.29 is 9.13 Å². The maximum atomic E-state index is 13.9. The third kappa shape index (κ3) is 2.09. The van der Waals surface area contributed by atoms with Crippen molar-refractivity contribution in [1.82, 2.24) is 9.78 Å². The van der Waals surface area contributed by atoms with Gasteiger partial charge in [0.25, 0.3) is 0 Å². The highest BCUT2D eigenvalue weighted by atomic mass is 19.1. The molecule has 0 amide bonds. The van der Waals surface area contributed by atoms with Gasteiger partial charge in [-0.25, -0.2) is 9.07 Å². The second-order valence-corrected chi connectivity index (χ2v) is 4.19. The Labute approximate surface area is 105 Å². The normalized spacial score (nSPS) is 10.7. The minimum absolute atomic E-state index is 0.188. The minimum atomic E-state index is -0.362. The number of ether oxygens (including phenoxy) is 1. The number of rotatable bonds is 3. The quantitative estimate of drug-likeness (QED) is 0.908. The Morgan fingerprint density at radius 2 is 2.11 bits per heavy atom. The lowest BCUT2D eigenvalue weighted by atomic mass is 10.2. The van der Waals surface area contributed by atoms with E-state index in [4.69, 9.17) is 10.5 Å². The monoisotopic (exact) mass is 249 g/mol. The fourth-order valence-electron chi connectivity index (χ4n) is 1.85. The van der Waals surface area contributed by atoms with Crippen molar-refractivity contribution >= 4 is 0 Å². The number of nitrogens with zero attached hydrogens (tertiary/aromatic N) is 2. The van der Waals surface area contributed by atoms with Gasteiger partial charge in [0.15, 0.2) is 11.6 Å². The lowest BCUT2D eigenvalue weighted by molar-refractivity contribution is 0.398. The molecule has 0 fully saturated rings. The van der Waals surface area contributed by atoms with Crippen molar-refractivity contribution in [2.24, 2.45) is 12.8 Å². The van der Waals surface area contributed by atoms with E-state index < -0.39 is 0 Å². The Morgan fingerprint density at radius 3 is 2.78 bits per heavy atom. The van der Waals surface area contributed by atoms with Crippen molar-refractivity contribution in [3.63, 3.8) is 0 Å². The van der Waals surface area contributed by atoms with Crippen molar-refractivity contribution in [1.29, 1.82) is 0 Å². The zero-order valence-electron chi connectivity index (χ0n) is 10.7. The molecule has 0 saturated heterocycles. The Morgan fingerprint density at radius 1 is 1.39 bits per heavy atom. The van der Waals surface area contributed by atoms with Crippen LogP contribution in [0.2, 0.25) is 0 Å². The molecule has 1 aromatic heterocycles.